The second-order valence-corrected chi connectivity index (χ2v) is 7.49. The van der Waals surface area contributed by atoms with Gasteiger partial charge >= 0.3 is 0 Å². The van der Waals surface area contributed by atoms with Gasteiger partial charge in [0.15, 0.2) is 5.82 Å². The van der Waals surface area contributed by atoms with E-state index in [-0.39, 0.29) is 5.82 Å². The number of hydrogen-bond acceptors (Lipinski definition) is 5. The van der Waals surface area contributed by atoms with Crippen molar-refractivity contribution in [3.05, 3.63) is 58.8 Å². The number of benzene rings is 1. The molecule has 0 bridgehead atoms. The van der Waals surface area contributed by atoms with Crippen LogP contribution in [0.25, 0.3) is 5.57 Å². The van der Waals surface area contributed by atoms with Gasteiger partial charge in [-0.2, -0.15) is 0 Å². The van der Waals surface area contributed by atoms with E-state index in [0.29, 0.717) is 6.54 Å². The van der Waals surface area contributed by atoms with Crippen molar-refractivity contribution >= 4 is 11.4 Å². The highest BCUT2D eigenvalue weighted by molar-refractivity contribution is 5.64. The Hall–Kier alpha value is -2.31. The number of halogens is 1. The third-order valence-corrected chi connectivity index (χ3v) is 5.61. The Kier molecular flexibility index (Phi) is 5.69. The standard InChI is InChI=1S/C22H27FN4O/c1-16-17(2)24-21(25-22(16)27-11-13-28-14-12-27)18-7-9-26(10-8-18)15-19-5-3-4-6-20(19)23/h3-7H,8-15H2,1-2H3. The Balaban J connectivity index is 1.51. The van der Waals surface area contributed by atoms with Crippen molar-refractivity contribution in [3.63, 3.8) is 0 Å². The van der Waals surface area contributed by atoms with Crippen LogP contribution in [0, 0.1) is 19.7 Å². The van der Waals surface area contributed by atoms with Gasteiger partial charge in [-0.15, -0.1) is 0 Å². The SMILES string of the molecule is Cc1nc(C2=CCN(Cc3ccccc3F)CC2)nc(N2CCOCC2)c1C. The number of morpholine rings is 1. The van der Waals surface area contributed by atoms with Crippen molar-refractivity contribution < 1.29 is 9.13 Å². The molecule has 1 aromatic carbocycles. The first-order chi connectivity index (χ1) is 13.6. The zero-order valence-electron chi connectivity index (χ0n) is 16.6. The van der Waals surface area contributed by atoms with Crippen molar-refractivity contribution in [1.82, 2.24) is 14.9 Å². The molecule has 0 aliphatic carbocycles. The van der Waals surface area contributed by atoms with Crippen LogP contribution in [0.2, 0.25) is 0 Å². The van der Waals surface area contributed by atoms with Gasteiger partial charge in [0.2, 0.25) is 0 Å². The summed E-state index contributed by atoms with van der Waals surface area (Å²) >= 11 is 0. The first-order valence-corrected chi connectivity index (χ1v) is 9.95. The molecule has 148 valence electrons. The van der Waals surface area contributed by atoms with Gasteiger partial charge in [-0.05, 0) is 31.9 Å². The molecular weight excluding hydrogens is 355 g/mol. The molecule has 2 aliphatic heterocycles. The number of anilines is 1. The van der Waals surface area contributed by atoms with Crippen LogP contribution < -0.4 is 4.90 Å². The van der Waals surface area contributed by atoms with Crippen LogP contribution in [0.1, 0.15) is 29.1 Å². The molecule has 0 unspecified atom stereocenters. The lowest BCUT2D eigenvalue weighted by molar-refractivity contribution is 0.122. The molecular formula is C22H27FN4O. The summed E-state index contributed by atoms with van der Waals surface area (Å²) in [6.45, 7) is 9.66. The molecule has 0 radical (unpaired) electrons. The fourth-order valence-corrected chi connectivity index (χ4v) is 3.77. The molecule has 28 heavy (non-hydrogen) atoms. The van der Waals surface area contributed by atoms with E-state index in [9.17, 15) is 4.39 Å². The Morgan fingerprint density at radius 1 is 1.07 bits per heavy atom. The Labute approximate surface area is 165 Å². The fourth-order valence-electron chi connectivity index (χ4n) is 3.77. The quantitative estimate of drug-likeness (QED) is 0.811. The maximum absolute atomic E-state index is 13.9. The second-order valence-electron chi connectivity index (χ2n) is 7.49. The third-order valence-electron chi connectivity index (χ3n) is 5.61. The molecule has 0 N–H and O–H groups in total. The molecule has 1 saturated heterocycles. The highest BCUT2D eigenvalue weighted by Gasteiger charge is 2.21. The average molecular weight is 382 g/mol. The number of ether oxygens (including phenoxy) is 1. The molecule has 3 heterocycles. The van der Waals surface area contributed by atoms with Gasteiger partial charge in [0, 0.05) is 49.5 Å². The maximum atomic E-state index is 13.9. The molecule has 5 nitrogen and oxygen atoms in total. The molecule has 2 aromatic rings. The topological polar surface area (TPSA) is 41.5 Å². The summed E-state index contributed by atoms with van der Waals surface area (Å²) in [5.41, 5.74) is 4.10. The predicted molar refractivity (Wildman–Crippen MR) is 109 cm³/mol. The molecule has 0 saturated carbocycles. The highest BCUT2D eigenvalue weighted by Crippen LogP contribution is 2.26. The van der Waals surface area contributed by atoms with Gasteiger partial charge < -0.3 is 9.64 Å². The van der Waals surface area contributed by atoms with Crippen LogP contribution in [0.3, 0.4) is 0 Å². The molecule has 1 aromatic heterocycles. The second kappa shape index (κ2) is 8.37. The summed E-state index contributed by atoms with van der Waals surface area (Å²) in [6, 6.07) is 7.00. The largest absolute Gasteiger partial charge is 0.378 e. The third kappa shape index (κ3) is 4.08. The lowest BCUT2D eigenvalue weighted by atomic mass is 10.1. The summed E-state index contributed by atoms with van der Waals surface area (Å²) in [4.78, 5) is 14.2. The fraction of sp³-hybridized carbons (Fsp3) is 0.455. The van der Waals surface area contributed by atoms with Crippen molar-refractivity contribution in [2.45, 2.75) is 26.8 Å². The van der Waals surface area contributed by atoms with Gasteiger partial charge in [-0.3, -0.25) is 4.90 Å². The van der Waals surface area contributed by atoms with E-state index in [2.05, 4.69) is 29.7 Å². The number of hydrogen-bond donors (Lipinski definition) is 0. The number of nitrogens with zero attached hydrogens (tertiary/aromatic N) is 4. The molecule has 0 spiro atoms. The molecule has 0 atom stereocenters. The summed E-state index contributed by atoms with van der Waals surface area (Å²) in [5, 5.41) is 0. The maximum Gasteiger partial charge on any atom is 0.157 e. The predicted octanol–water partition coefficient (Wildman–Crippen LogP) is 3.36. The highest BCUT2D eigenvalue weighted by atomic mass is 19.1. The molecule has 2 aliphatic rings. The van der Waals surface area contributed by atoms with Crippen LogP contribution in [-0.4, -0.2) is 54.3 Å². The lowest BCUT2D eigenvalue weighted by Crippen LogP contribution is -2.37. The van der Waals surface area contributed by atoms with E-state index in [1.54, 1.807) is 6.07 Å². The first-order valence-electron chi connectivity index (χ1n) is 9.95. The summed E-state index contributed by atoms with van der Waals surface area (Å²) < 4.78 is 19.4. The number of aromatic nitrogens is 2. The van der Waals surface area contributed by atoms with Crippen LogP contribution >= 0.6 is 0 Å². The molecule has 6 heteroatoms. The lowest BCUT2D eigenvalue weighted by Gasteiger charge is -2.30. The summed E-state index contributed by atoms with van der Waals surface area (Å²) in [7, 11) is 0. The minimum atomic E-state index is -0.134. The van der Waals surface area contributed by atoms with Gasteiger partial charge in [0.25, 0.3) is 0 Å². The van der Waals surface area contributed by atoms with Crippen molar-refractivity contribution in [2.24, 2.45) is 0 Å². The monoisotopic (exact) mass is 382 g/mol. The molecule has 4 rings (SSSR count). The smallest absolute Gasteiger partial charge is 0.157 e. The Morgan fingerprint density at radius 3 is 2.57 bits per heavy atom. The first kappa shape index (κ1) is 19.0. The minimum absolute atomic E-state index is 0.134. The minimum Gasteiger partial charge on any atom is -0.378 e. The van der Waals surface area contributed by atoms with Crippen molar-refractivity contribution in [1.29, 1.82) is 0 Å². The molecule has 1 fully saturated rings. The molecule has 0 amide bonds. The normalized spacial score (nSPS) is 18.2. The number of rotatable bonds is 4. The van der Waals surface area contributed by atoms with Gasteiger partial charge in [0.05, 0.1) is 13.2 Å². The van der Waals surface area contributed by atoms with E-state index in [1.165, 1.54) is 11.6 Å². The van der Waals surface area contributed by atoms with E-state index in [0.717, 1.165) is 74.3 Å². The van der Waals surface area contributed by atoms with Crippen LogP contribution in [0.15, 0.2) is 30.3 Å². The van der Waals surface area contributed by atoms with E-state index in [4.69, 9.17) is 14.7 Å². The zero-order chi connectivity index (χ0) is 19.5. The summed E-state index contributed by atoms with van der Waals surface area (Å²) in [5.74, 6) is 1.72. The Bertz CT molecular complexity index is 877. The van der Waals surface area contributed by atoms with Crippen LogP contribution in [-0.2, 0) is 11.3 Å². The zero-order valence-corrected chi connectivity index (χ0v) is 16.6. The average Bonchev–Trinajstić information content (AvgIpc) is 2.73. The van der Waals surface area contributed by atoms with Crippen molar-refractivity contribution in [3.8, 4) is 0 Å². The van der Waals surface area contributed by atoms with E-state index < -0.39 is 0 Å². The number of aryl methyl sites for hydroxylation is 1. The van der Waals surface area contributed by atoms with Crippen LogP contribution in [0.5, 0.6) is 0 Å². The van der Waals surface area contributed by atoms with E-state index >= 15 is 0 Å². The van der Waals surface area contributed by atoms with E-state index in [1.807, 2.05) is 12.1 Å². The Morgan fingerprint density at radius 2 is 1.86 bits per heavy atom. The van der Waals surface area contributed by atoms with Gasteiger partial charge in [0.1, 0.15) is 11.6 Å². The van der Waals surface area contributed by atoms with Crippen molar-refractivity contribution in [2.75, 3.05) is 44.3 Å². The van der Waals surface area contributed by atoms with Crippen LogP contribution in [0.4, 0.5) is 10.2 Å². The van der Waals surface area contributed by atoms with Gasteiger partial charge in [-0.1, -0.05) is 24.3 Å². The van der Waals surface area contributed by atoms with Gasteiger partial charge in [-0.25, -0.2) is 14.4 Å². The summed E-state index contributed by atoms with van der Waals surface area (Å²) in [6.07, 6.45) is 3.07.